The van der Waals surface area contributed by atoms with Gasteiger partial charge in [-0.1, -0.05) is 26.7 Å². The first-order chi connectivity index (χ1) is 11.6. The average Bonchev–Trinajstić information content (AvgIpc) is 2.95. The molecular weight excluding hydrogens is 304 g/mol. The molecule has 5 heteroatoms. The Balaban J connectivity index is 1.96. The summed E-state index contributed by atoms with van der Waals surface area (Å²) < 4.78 is 5.14. The van der Waals surface area contributed by atoms with Gasteiger partial charge in [-0.2, -0.15) is 0 Å². The zero-order valence-corrected chi connectivity index (χ0v) is 14.9. The summed E-state index contributed by atoms with van der Waals surface area (Å²) >= 11 is 0. The third kappa shape index (κ3) is 4.49. The van der Waals surface area contributed by atoms with Crippen LogP contribution in [0.3, 0.4) is 0 Å². The Morgan fingerprint density at radius 1 is 1.25 bits per heavy atom. The third-order valence-corrected chi connectivity index (χ3v) is 4.50. The second kappa shape index (κ2) is 8.71. The van der Waals surface area contributed by atoms with Gasteiger partial charge >= 0.3 is 0 Å². The van der Waals surface area contributed by atoms with Crippen molar-refractivity contribution in [2.24, 2.45) is 5.92 Å². The average molecular weight is 332 g/mol. The summed E-state index contributed by atoms with van der Waals surface area (Å²) in [4.78, 5) is 26.5. The molecule has 1 aliphatic heterocycles. The summed E-state index contributed by atoms with van der Waals surface area (Å²) in [6.07, 6.45) is 4.17. The van der Waals surface area contributed by atoms with E-state index >= 15 is 0 Å². The van der Waals surface area contributed by atoms with Crippen molar-refractivity contribution >= 4 is 17.5 Å². The van der Waals surface area contributed by atoms with Gasteiger partial charge in [-0.05, 0) is 37.1 Å². The van der Waals surface area contributed by atoms with Crippen molar-refractivity contribution in [1.82, 2.24) is 5.32 Å². The van der Waals surface area contributed by atoms with Crippen LogP contribution >= 0.6 is 0 Å². The Hall–Kier alpha value is -2.04. The lowest BCUT2D eigenvalue weighted by Crippen LogP contribution is -2.40. The second-order valence-electron chi connectivity index (χ2n) is 6.39. The number of hydrogen-bond donors (Lipinski definition) is 1. The van der Waals surface area contributed by atoms with Crippen molar-refractivity contribution in [3.63, 3.8) is 0 Å². The van der Waals surface area contributed by atoms with Crippen LogP contribution in [0.15, 0.2) is 24.3 Å². The molecule has 0 bridgehead atoms. The van der Waals surface area contributed by atoms with Crippen molar-refractivity contribution in [2.75, 3.05) is 18.6 Å². The van der Waals surface area contributed by atoms with E-state index in [4.69, 9.17) is 4.74 Å². The zero-order valence-electron chi connectivity index (χ0n) is 14.9. The molecule has 1 aromatic rings. The maximum absolute atomic E-state index is 12.5. The number of hydrogen-bond acceptors (Lipinski definition) is 3. The van der Waals surface area contributed by atoms with Gasteiger partial charge < -0.3 is 15.0 Å². The van der Waals surface area contributed by atoms with E-state index in [0.29, 0.717) is 13.0 Å². The zero-order chi connectivity index (χ0) is 17.5. The van der Waals surface area contributed by atoms with Gasteiger partial charge in [0.1, 0.15) is 5.75 Å². The number of methoxy groups -OCH3 is 1. The predicted octanol–water partition coefficient (Wildman–Crippen LogP) is 3.13. The van der Waals surface area contributed by atoms with E-state index in [1.807, 2.05) is 24.3 Å². The number of nitrogens with one attached hydrogen (secondary N) is 1. The lowest BCUT2D eigenvalue weighted by Gasteiger charge is -2.20. The van der Waals surface area contributed by atoms with Crippen LogP contribution in [0, 0.1) is 5.92 Å². The summed E-state index contributed by atoms with van der Waals surface area (Å²) in [7, 11) is 1.62. The summed E-state index contributed by atoms with van der Waals surface area (Å²) in [6.45, 7) is 4.72. The molecular formula is C19H28N2O3. The highest BCUT2D eigenvalue weighted by Crippen LogP contribution is 2.24. The minimum absolute atomic E-state index is 0.0491. The molecule has 132 valence electrons. The molecule has 1 unspecified atom stereocenters. The maximum atomic E-state index is 12.5. The fraction of sp³-hybridized carbons (Fsp3) is 0.579. The highest BCUT2D eigenvalue weighted by Gasteiger charge is 2.32. The van der Waals surface area contributed by atoms with Crippen LogP contribution in [-0.2, 0) is 9.59 Å². The van der Waals surface area contributed by atoms with Crippen LogP contribution < -0.4 is 15.0 Å². The largest absolute Gasteiger partial charge is 0.497 e. The number of rotatable bonds is 8. The topological polar surface area (TPSA) is 58.6 Å². The van der Waals surface area contributed by atoms with Crippen LogP contribution in [0.2, 0.25) is 0 Å². The molecule has 0 aliphatic carbocycles. The molecule has 2 amide bonds. The smallest absolute Gasteiger partial charge is 0.229 e. The summed E-state index contributed by atoms with van der Waals surface area (Å²) in [5.74, 6) is 0.962. The van der Waals surface area contributed by atoms with Gasteiger partial charge in [0.25, 0.3) is 0 Å². The van der Waals surface area contributed by atoms with Crippen molar-refractivity contribution in [3.05, 3.63) is 24.3 Å². The Morgan fingerprint density at radius 3 is 2.42 bits per heavy atom. The third-order valence-electron chi connectivity index (χ3n) is 4.50. The number of nitrogens with zero attached hydrogens (tertiary/aromatic N) is 1. The first-order valence-electron chi connectivity index (χ1n) is 8.83. The fourth-order valence-electron chi connectivity index (χ4n) is 3.24. The standard InChI is InChI=1S/C19H28N2O3/c1-4-6-14(7-5-2)19(23)20-15-12-18(22)21(13-15)16-8-10-17(24-3)11-9-16/h8-11,14-15H,4-7,12-13H2,1-3H3,(H,20,23). The summed E-state index contributed by atoms with van der Waals surface area (Å²) in [5, 5.41) is 3.08. The number of amides is 2. The molecule has 1 aromatic carbocycles. The molecule has 0 spiro atoms. The number of benzene rings is 1. The predicted molar refractivity (Wildman–Crippen MR) is 95.2 cm³/mol. The molecule has 0 radical (unpaired) electrons. The maximum Gasteiger partial charge on any atom is 0.229 e. The van der Waals surface area contributed by atoms with Crippen LogP contribution in [-0.4, -0.2) is 31.5 Å². The normalized spacial score (nSPS) is 17.4. The first kappa shape index (κ1) is 18.3. The van der Waals surface area contributed by atoms with Gasteiger partial charge in [0.15, 0.2) is 0 Å². The number of carbonyl (C=O) groups is 2. The van der Waals surface area contributed by atoms with Crippen molar-refractivity contribution in [3.8, 4) is 5.75 Å². The number of ether oxygens (including phenoxy) is 1. The highest BCUT2D eigenvalue weighted by molar-refractivity contribution is 5.97. The van der Waals surface area contributed by atoms with Gasteiger partial charge in [-0.25, -0.2) is 0 Å². The molecule has 1 N–H and O–H groups in total. The summed E-state index contributed by atoms with van der Waals surface area (Å²) in [5.41, 5.74) is 0.844. The molecule has 0 aromatic heterocycles. The van der Waals surface area contributed by atoms with Crippen LogP contribution in [0.5, 0.6) is 5.75 Å². The number of anilines is 1. The quantitative estimate of drug-likeness (QED) is 0.795. The van der Waals surface area contributed by atoms with Crippen molar-refractivity contribution in [1.29, 1.82) is 0 Å². The fourth-order valence-corrected chi connectivity index (χ4v) is 3.24. The molecule has 5 nitrogen and oxygen atoms in total. The lowest BCUT2D eigenvalue weighted by molar-refractivity contribution is -0.126. The van der Waals surface area contributed by atoms with Crippen molar-refractivity contribution < 1.29 is 14.3 Å². The van der Waals surface area contributed by atoms with Crippen LogP contribution in [0.25, 0.3) is 0 Å². The van der Waals surface area contributed by atoms with E-state index < -0.39 is 0 Å². The monoisotopic (exact) mass is 332 g/mol. The molecule has 1 aliphatic rings. The van der Waals surface area contributed by atoms with Gasteiger partial charge in [0, 0.05) is 24.6 Å². The van der Waals surface area contributed by atoms with E-state index in [1.54, 1.807) is 12.0 Å². The molecule has 1 saturated heterocycles. The highest BCUT2D eigenvalue weighted by atomic mass is 16.5. The van der Waals surface area contributed by atoms with Gasteiger partial charge in [0.2, 0.25) is 11.8 Å². The van der Waals surface area contributed by atoms with Gasteiger partial charge in [-0.15, -0.1) is 0 Å². The molecule has 1 fully saturated rings. The Kier molecular flexibility index (Phi) is 6.64. The molecule has 2 rings (SSSR count). The Morgan fingerprint density at radius 2 is 1.88 bits per heavy atom. The van der Waals surface area contributed by atoms with E-state index in [2.05, 4.69) is 19.2 Å². The lowest BCUT2D eigenvalue weighted by atomic mass is 9.97. The minimum atomic E-state index is -0.108. The number of carbonyl (C=O) groups excluding carboxylic acids is 2. The SMILES string of the molecule is CCCC(CCC)C(=O)NC1CC(=O)N(c2ccc(OC)cc2)C1. The molecule has 1 heterocycles. The summed E-state index contributed by atoms with van der Waals surface area (Å²) in [6, 6.07) is 7.32. The molecule has 0 saturated carbocycles. The Bertz CT molecular complexity index is 550. The van der Waals surface area contributed by atoms with E-state index in [0.717, 1.165) is 37.1 Å². The van der Waals surface area contributed by atoms with Gasteiger partial charge in [0.05, 0.1) is 13.2 Å². The second-order valence-corrected chi connectivity index (χ2v) is 6.39. The van der Waals surface area contributed by atoms with Crippen molar-refractivity contribution in [2.45, 2.75) is 52.0 Å². The van der Waals surface area contributed by atoms with Crippen LogP contribution in [0.1, 0.15) is 46.0 Å². The van der Waals surface area contributed by atoms with E-state index in [1.165, 1.54) is 0 Å². The van der Waals surface area contributed by atoms with Crippen LogP contribution in [0.4, 0.5) is 5.69 Å². The van der Waals surface area contributed by atoms with E-state index in [9.17, 15) is 9.59 Å². The van der Waals surface area contributed by atoms with E-state index in [-0.39, 0.29) is 23.8 Å². The Labute approximate surface area is 144 Å². The minimum Gasteiger partial charge on any atom is -0.497 e. The van der Waals surface area contributed by atoms with Gasteiger partial charge in [-0.3, -0.25) is 9.59 Å². The molecule has 24 heavy (non-hydrogen) atoms. The molecule has 1 atom stereocenters. The first-order valence-corrected chi connectivity index (χ1v) is 8.83.